The molecule has 0 amide bonds. The minimum atomic E-state index is -4.64. The Bertz CT molecular complexity index is 1970. The van der Waals surface area contributed by atoms with Gasteiger partial charge in [-0.25, -0.2) is 0 Å². The number of hydrogen-bond acceptors (Lipinski definition) is 11. The number of rotatable bonds is 8. The Morgan fingerprint density at radius 3 is 1.92 bits per heavy atom. The number of hydrogen-bond donors (Lipinski definition) is 5. The summed E-state index contributed by atoms with van der Waals surface area (Å²) in [6.07, 6.45) is 0. The molecule has 15 heteroatoms. The molecule has 0 aromatic heterocycles. The van der Waals surface area contributed by atoms with Crippen LogP contribution in [0.5, 0.6) is 0 Å². The van der Waals surface area contributed by atoms with Crippen molar-refractivity contribution < 1.29 is 25.9 Å². The highest BCUT2D eigenvalue weighted by molar-refractivity contribution is 7.86. The first-order chi connectivity index (χ1) is 18.4. The normalized spacial score (nSPS) is 12.8. The zero-order valence-electron chi connectivity index (χ0n) is 19.6. The molecule has 5 N–H and O–H groups in total. The summed E-state index contributed by atoms with van der Waals surface area (Å²) in [5.74, 6) is 0. The van der Waals surface area contributed by atoms with Crippen LogP contribution in [0.25, 0.3) is 0 Å². The van der Waals surface area contributed by atoms with Gasteiger partial charge in [-0.2, -0.15) is 27.0 Å². The predicted octanol–water partition coefficient (Wildman–Crippen LogP) is 1.38. The molecular formula is C24H19N5O8S2. The third-order valence-electron chi connectivity index (χ3n) is 5.14. The van der Waals surface area contributed by atoms with E-state index < -0.39 is 41.3 Å². The summed E-state index contributed by atoms with van der Waals surface area (Å²) in [6.45, 7) is 0. The van der Waals surface area contributed by atoms with Gasteiger partial charge < -0.3 is 5.32 Å². The van der Waals surface area contributed by atoms with Crippen molar-refractivity contribution in [2.24, 2.45) is 10.2 Å². The van der Waals surface area contributed by atoms with Crippen LogP contribution in [0.2, 0.25) is 0 Å². The van der Waals surface area contributed by atoms with Gasteiger partial charge in [0.25, 0.3) is 20.2 Å². The van der Waals surface area contributed by atoms with Crippen LogP contribution in [0.4, 0.5) is 22.7 Å². The quantitative estimate of drug-likeness (QED) is 0.151. The van der Waals surface area contributed by atoms with Gasteiger partial charge in [0.05, 0.1) is 22.0 Å². The third-order valence-corrected chi connectivity index (χ3v) is 6.90. The van der Waals surface area contributed by atoms with Crippen LogP contribution >= 0.6 is 0 Å². The van der Waals surface area contributed by atoms with E-state index in [1.165, 1.54) is 24.3 Å². The summed E-state index contributed by atoms with van der Waals surface area (Å²) in [7, 11) is -9.03. The summed E-state index contributed by atoms with van der Waals surface area (Å²) >= 11 is 0. The van der Waals surface area contributed by atoms with Gasteiger partial charge in [0.15, 0.2) is 5.36 Å². The average molecular weight is 570 g/mol. The lowest BCUT2D eigenvalue weighted by Gasteiger charge is -2.12. The SMILES string of the molecule is O=c1cc/c(=N\Nc2ccc(Nc3ccccc3)c(S(=O)(=O)O)c2)c(=O)/c1=N\Nc1ccc(S(=O)(=O)O)cc1. The van der Waals surface area contributed by atoms with Crippen LogP contribution < -0.4 is 37.7 Å². The first-order valence-electron chi connectivity index (χ1n) is 10.9. The molecule has 0 aliphatic rings. The smallest absolute Gasteiger partial charge is 0.296 e. The first kappa shape index (κ1) is 27.3. The molecule has 0 aliphatic carbocycles. The molecule has 0 saturated heterocycles. The Morgan fingerprint density at radius 1 is 0.641 bits per heavy atom. The summed E-state index contributed by atoms with van der Waals surface area (Å²) in [4.78, 5) is 24.2. The Hall–Kier alpha value is -4.70. The van der Waals surface area contributed by atoms with E-state index in [1.54, 1.807) is 30.3 Å². The molecule has 4 rings (SSSR count). The maximum atomic E-state index is 12.8. The van der Waals surface area contributed by atoms with Gasteiger partial charge in [-0.1, -0.05) is 18.2 Å². The summed E-state index contributed by atoms with van der Waals surface area (Å²) < 4.78 is 65.0. The second-order valence-corrected chi connectivity index (χ2v) is 10.7. The van der Waals surface area contributed by atoms with E-state index in [2.05, 4.69) is 26.4 Å². The van der Waals surface area contributed by atoms with Crippen molar-refractivity contribution in [1.29, 1.82) is 0 Å². The largest absolute Gasteiger partial charge is 0.354 e. The molecule has 13 nitrogen and oxygen atoms in total. The highest BCUT2D eigenvalue weighted by Crippen LogP contribution is 2.28. The second kappa shape index (κ2) is 11.0. The maximum Gasteiger partial charge on any atom is 0.296 e. The molecule has 0 saturated carbocycles. The first-order valence-corrected chi connectivity index (χ1v) is 13.8. The molecule has 4 aromatic carbocycles. The fourth-order valence-electron chi connectivity index (χ4n) is 3.27. The van der Waals surface area contributed by atoms with Crippen LogP contribution in [-0.2, 0) is 20.2 Å². The molecular weight excluding hydrogens is 550 g/mol. The molecule has 0 heterocycles. The van der Waals surface area contributed by atoms with Gasteiger partial charge >= 0.3 is 0 Å². The van der Waals surface area contributed by atoms with Crippen molar-refractivity contribution in [3.05, 3.63) is 116 Å². The highest BCUT2D eigenvalue weighted by Gasteiger charge is 2.17. The number of nitrogens with one attached hydrogen (secondary N) is 3. The molecule has 0 spiro atoms. The summed E-state index contributed by atoms with van der Waals surface area (Å²) in [6, 6.07) is 19.6. The van der Waals surface area contributed by atoms with Crippen molar-refractivity contribution in [3.8, 4) is 0 Å². The summed E-state index contributed by atoms with van der Waals surface area (Å²) in [5.41, 5.74) is 4.44. The fourth-order valence-corrected chi connectivity index (χ4v) is 4.42. The van der Waals surface area contributed by atoms with Crippen molar-refractivity contribution in [2.75, 3.05) is 16.2 Å². The van der Waals surface area contributed by atoms with E-state index >= 15 is 0 Å². The van der Waals surface area contributed by atoms with Crippen molar-refractivity contribution in [2.45, 2.75) is 9.79 Å². The van der Waals surface area contributed by atoms with E-state index in [4.69, 9.17) is 4.55 Å². The fraction of sp³-hybridized carbons (Fsp3) is 0. The number of para-hydroxylation sites is 1. The van der Waals surface area contributed by atoms with Gasteiger partial charge in [-0.05, 0) is 66.7 Å². The lowest BCUT2D eigenvalue weighted by atomic mass is 10.2. The van der Waals surface area contributed by atoms with Crippen molar-refractivity contribution >= 4 is 43.0 Å². The van der Waals surface area contributed by atoms with Gasteiger partial charge in [-0.3, -0.25) is 29.5 Å². The van der Waals surface area contributed by atoms with Crippen LogP contribution in [0.1, 0.15) is 0 Å². The Kier molecular flexibility index (Phi) is 7.68. The molecule has 0 radical (unpaired) electrons. The summed E-state index contributed by atoms with van der Waals surface area (Å²) in [5, 5.41) is 9.87. The van der Waals surface area contributed by atoms with Gasteiger partial charge in [0, 0.05) is 5.69 Å². The standard InChI is InChI=1S/C24H19N5O8S2/c30-21-13-12-20(24(31)23(21)29-26-16-6-9-18(10-7-16)38(32,33)34)28-27-17-8-11-19(22(14-17)39(35,36)37)25-15-4-2-1-3-5-15/h1-14,25-27H,(H,32,33,34)(H,35,36,37)/b28-20+,29-23-. The van der Waals surface area contributed by atoms with Gasteiger partial charge in [0.2, 0.25) is 10.9 Å². The van der Waals surface area contributed by atoms with Crippen molar-refractivity contribution in [1.82, 2.24) is 0 Å². The lowest BCUT2D eigenvalue weighted by Crippen LogP contribution is -2.47. The molecule has 39 heavy (non-hydrogen) atoms. The third kappa shape index (κ3) is 6.79. The van der Waals surface area contributed by atoms with Crippen LogP contribution in [0.15, 0.2) is 115 Å². The molecule has 4 aromatic rings. The molecule has 0 fully saturated rings. The number of nitrogens with zero attached hydrogens (tertiary/aromatic N) is 2. The monoisotopic (exact) mass is 569 g/mol. The van der Waals surface area contributed by atoms with Gasteiger partial charge in [0.1, 0.15) is 10.3 Å². The molecule has 200 valence electrons. The zero-order chi connectivity index (χ0) is 28.2. The van der Waals surface area contributed by atoms with E-state index in [1.807, 2.05) is 0 Å². The Morgan fingerprint density at radius 2 is 1.28 bits per heavy atom. The minimum absolute atomic E-state index is 0.103. The maximum absolute atomic E-state index is 12.8. The molecule has 0 atom stereocenters. The van der Waals surface area contributed by atoms with Crippen molar-refractivity contribution in [3.63, 3.8) is 0 Å². The highest BCUT2D eigenvalue weighted by atomic mass is 32.2. The van der Waals surface area contributed by atoms with Crippen LogP contribution in [0, 0.1) is 0 Å². The number of benzene rings is 4. The van der Waals surface area contributed by atoms with Crippen LogP contribution in [0.3, 0.4) is 0 Å². The van der Waals surface area contributed by atoms with E-state index in [-0.39, 0.29) is 27.3 Å². The van der Waals surface area contributed by atoms with E-state index in [0.717, 1.165) is 30.3 Å². The molecule has 0 bridgehead atoms. The molecule has 0 aliphatic heterocycles. The predicted molar refractivity (Wildman–Crippen MR) is 142 cm³/mol. The Balaban J connectivity index is 1.63. The van der Waals surface area contributed by atoms with Gasteiger partial charge in [-0.15, -0.1) is 0 Å². The van der Waals surface area contributed by atoms with E-state index in [0.29, 0.717) is 5.69 Å². The molecule has 0 unspecified atom stereocenters. The number of anilines is 4. The average Bonchev–Trinajstić information content (AvgIpc) is 2.88. The zero-order valence-corrected chi connectivity index (χ0v) is 21.3. The second-order valence-electron chi connectivity index (χ2n) is 7.88. The topological polar surface area (TPSA) is 204 Å². The lowest BCUT2D eigenvalue weighted by molar-refractivity contribution is 0.481. The van der Waals surface area contributed by atoms with Crippen LogP contribution in [-0.4, -0.2) is 25.9 Å². The Labute approximate surface area is 221 Å². The van der Waals surface area contributed by atoms with E-state index in [9.17, 15) is 31.0 Å². The minimum Gasteiger partial charge on any atom is -0.354 e.